The number of benzene rings is 1. The van der Waals surface area contributed by atoms with Crippen LogP contribution in [0.2, 0.25) is 0 Å². The fourth-order valence-corrected chi connectivity index (χ4v) is 4.55. The van der Waals surface area contributed by atoms with E-state index in [1.54, 1.807) is 4.90 Å². The van der Waals surface area contributed by atoms with Crippen molar-refractivity contribution >= 4 is 41.1 Å². The second kappa shape index (κ2) is 12.9. The Morgan fingerprint density at radius 3 is 2.25 bits per heavy atom. The summed E-state index contributed by atoms with van der Waals surface area (Å²) in [4.78, 5) is 68.3. The molecular weight excluding hydrogens is 526 g/mol. The van der Waals surface area contributed by atoms with Crippen LogP contribution in [-0.4, -0.2) is 79.2 Å². The normalized spacial score (nSPS) is 24.9. The van der Waals surface area contributed by atoms with E-state index in [2.05, 4.69) is 10.5 Å². The topological polar surface area (TPSA) is 159 Å². The zero-order valence-corrected chi connectivity index (χ0v) is 23.6. The molecule has 2 heterocycles. The van der Waals surface area contributed by atoms with Crippen LogP contribution in [0, 0.1) is 12.8 Å². The predicted molar refractivity (Wildman–Crippen MR) is 140 cm³/mol. The van der Waals surface area contributed by atoms with Gasteiger partial charge in [-0.15, -0.1) is 0 Å². The number of hydrogen-bond acceptors (Lipinski definition) is 11. The van der Waals surface area contributed by atoms with Gasteiger partial charge in [0, 0.05) is 39.8 Å². The van der Waals surface area contributed by atoms with Crippen LogP contribution in [0.4, 0.5) is 5.69 Å². The molecule has 13 nitrogen and oxygen atoms in total. The van der Waals surface area contributed by atoms with Crippen molar-refractivity contribution in [3.05, 3.63) is 29.3 Å². The number of nitrogens with one attached hydrogen (secondary N) is 1. The Morgan fingerprint density at radius 2 is 1.68 bits per heavy atom. The minimum absolute atomic E-state index is 0.0206. The molecule has 2 aliphatic heterocycles. The Labute approximate surface area is 232 Å². The molecule has 0 aromatic heterocycles. The van der Waals surface area contributed by atoms with Crippen molar-refractivity contribution in [2.75, 3.05) is 18.1 Å². The molecule has 40 heavy (non-hydrogen) atoms. The highest BCUT2D eigenvalue weighted by Gasteiger charge is 2.52. The van der Waals surface area contributed by atoms with Gasteiger partial charge in [0.05, 0.1) is 5.69 Å². The third-order valence-electron chi connectivity index (χ3n) is 6.01. The van der Waals surface area contributed by atoms with E-state index in [9.17, 15) is 24.0 Å². The number of aryl methyl sites for hydroxylation is 1. The Kier molecular flexibility index (Phi) is 9.85. The average Bonchev–Trinajstić information content (AvgIpc) is 3.08. The average molecular weight is 562 g/mol. The summed E-state index contributed by atoms with van der Waals surface area (Å²) in [6.45, 7) is 10.6. The van der Waals surface area contributed by atoms with Gasteiger partial charge in [0.1, 0.15) is 18.8 Å². The van der Waals surface area contributed by atoms with Gasteiger partial charge in [0.2, 0.25) is 5.91 Å². The summed E-state index contributed by atoms with van der Waals surface area (Å²) < 4.78 is 21.9. The number of ether oxygens (including phenoxy) is 4. The van der Waals surface area contributed by atoms with Gasteiger partial charge in [-0.3, -0.25) is 24.0 Å². The minimum atomic E-state index is -1.44. The Balaban J connectivity index is 2.03. The van der Waals surface area contributed by atoms with Crippen molar-refractivity contribution in [1.82, 2.24) is 5.32 Å². The molecule has 0 aliphatic carbocycles. The van der Waals surface area contributed by atoms with Crippen molar-refractivity contribution < 1.29 is 47.8 Å². The molecule has 0 spiro atoms. The molecule has 2 amide bonds. The lowest BCUT2D eigenvalue weighted by Crippen LogP contribution is -2.66. The van der Waals surface area contributed by atoms with Gasteiger partial charge in [0.25, 0.3) is 12.2 Å². The Hall–Kier alpha value is -4.00. The first kappa shape index (κ1) is 30.5. The monoisotopic (exact) mass is 561 g/mol. The van der Waals surface area contributed by atoms with E-state index in [0.717, 1.165) is 19.4 Å². The molecule has 1 fully saturated rings. The van der Waals surface area contributed by atoms with E-state index in [1.807, 2.05) is 39.0 Å². The lowest BCUT2D eigenvalue weighted by atomic mass is 9.96. The maximum absolute atomic E-state index is 13.4. The standard InChI is InChI=1S/C27H35N3O10/c1-13(2)11-30-20-9-8-14(3)10-19(20)22(26(30)35)29-40-27-23(28-15(4)31)25(38-18(7)34)24(37-17(6)33)21(39-27)12-36-16(5)32/h8-10,13,21,23-25,27H,11-12H2,1-7H3,(H,28,31)/b29-22+/t21-,23+,24+,25-,27-/m0/s1. The van der Waals surface area contributed by atoms with Crippen LogP contribution >= 0.6 is 0 Å². The second-order valence-electron chi connectivity index (χ2n) is 10.1. The van der Waals surface area contributed by atoms with Crippen molar-refractivity contribution in [3.63, 3.8) is 0 Å². The second-order valence-corrected chi connectivity index (χ2v) is 10.1. The molecule has 1 saturated heterocycles. The SMILES string of the molecule is CC(=O)N[C@H]1[C@H](O/N=C2/C(=O)N(CC(C)C)c3ccc(C)cc32)O[C@@H](COC(C)=O)[C@@H](OC(C)=O)[C@H]1OC(C)=O. The van der Waals surface area contributed by atoms with E-state index >= 15 is 0 Å². The third-order valence-corrected chi connectivity index (χ3v) is 6.01. The van der Waals surface area contributed by atoms with Crippen molar-refractivity contribution in [2.45, 2.75) is 79.1 Å². The van der Waals surface area contributed by atoms with Crippen LogP contribution in [0.3, 0.4) is 0 Å². The zero-order chi connectivity index (χ0) is 29.7. The summed E-state index contributed by atoms with van der Waals surface area (Å²) in [6, 6.07) is 4.31. The van der Waals surface area contributed by atoms with E-state index in [4.69, 9.17) is 23.8 Å². The number of esters is 3. The molecule has 0 radical (unpaired) electrons. The van der Waals surface area contributed by atoms with Crippen LogP contribution in [0.1, 0.15) is 52.7 Å². The molecule has 0 bridgehead atoms. The molecule has 0 unspecified atom stereocenters. The van der Waals surface area contributed by atoms with E-state index in [0.29, 0.717) is 17.8 Å². The fraction of sp³-hybridized carbons (Fsp3) is 0.556. The molecule has 0 saturated carbocycles. The highest BCUT2D eigenvalue weighted by molar-refractivity contribution is 6.54. The summed E-state index contributed by atoms with van der Waals surface area (Å²) >= 11 is 0. The molecular formula is C27H35N3O10. The summed E-state index contributed by atoms with van der Waals surface area (Å²) in [5.74, 6) is -2.84. The third kappa shape index (κ3) is 7.34. The van der Waals surface area contributed by atoms with Crippen LogP contribution in [-0.2, 0) is 47.8 Å². The van der Waals surface area contributed by atoms with Crippen molar-refractivity contribution in [1.29, 1.82) is 0 Å². The summed E-state index contributed by atoms with van der Waals surface area (Å²) in [7, 11) is 0. The maximum atomic E-state index is 13.4. The molecule has 13 heteroatoms. The van der Waals surface area contributed by atoms with Gasteiger partial charge in [-0.05, 0) is 25.0 Å². The highest BCUT2D eigenvalue weighted by Crippen LogP contribution is 2.32. The van der Waals surface area contributed by atoms with Crippen molar-refractivity contribution in [3.8, 4) is 0 Å². The number of amides is 2. The smallest absolute Gasteiger partial charge is 0.303 e. The van der Waals surface area contributed by atoms with Crippen LogP contribution < -0.4 is 10.2 Å². The number of carbonyl (C=O) groups excluding carboxylic acids is 5. The van der Waals surface area contributed by atoms with Gasteiger partial charge in [0.15, 0.2) is 17.9 Å². The summed E-state index contributed by atoms with van der Waals surface area (Å²) in [5.41, 5.74) is 2.15. The van der Waals surface area contributed by atoms with Gasteiger partial charge in [-0.2, -0.15) is 0 Å². The number of rotatable bonds is 9. The predicted octanol–water partition coefficient (Wildman–Crippen LogP) is 1.37. The van der Waals surface area contributed by atoms with Crippen molar-refractivity contribution in [2.24, 2.45) is 11.1 Å². The van der Waals surface area contributed by atoms with E-state index in [-0.39, 0.29) is 17.5 Å². The molecule has 3 rings (SSSR count). The largest absolute Gasteiger partial charge is 0.463 e. The number of nitrogens with zero attached hydrogens (tertiary/aromatic N) is 2. The highest BCUT2D eigenvalue weighted by atomic mass is 16.8. The number of fused-ring (bicyclic) bond motifs is 1. The zero-order valence-electron chi connectivity index (χ0n) is 23.6. The minimum Gasteiger partial charge on any atom is -0.463 e. The number of oxime groups is 1. The number of hydrogen-bond donors (Lipinski definition) is 1. The molecule has 218 valence electrons. The first-order chi connectivity index (χ1) is 18.8. The van der Waals surface area contributed by atoms with Crippen LogP contribution in [0.5, 0.6) is 0 Å². The van der Waals surface area contributed by atoms with E-state index < -0.39 is 61.1 Å². The van der Waals surface area contributed by atoms with Gasteiger partial charge < -0.3 is 34.0 Å². The molecule has 1 aromatic carbocycles. The lowest BCUT2D eigenvalue weighted by molar-refractivity contribution is -0.278. The summed E-state index contributed by atoms with van der Waals surface area (Å²) in [5, 5.41) is 6.74. The molecule has 2 aliphatic rings. The van der Waals surface area contributed by atoms with Gasteiger partial charge in [-0.25, -0.2) is 0 Å². The van der Waals surface area contributed by atoms with Gasteiger partial charge >= 0.3 is 17.9 Å². The first-order valence-electron chi connectivity index (χ1n) is 12.9. The first-order valence-corrected chi connectivity index (χ1v) is 12.9. The summed E-state index contributed by atoms with van der Waals surface area (Å²) in [6.07, 6.45) is -5.19. The number of anilines is 1. The van der Waals surface area contributed by atoms with Gasteiger partial charge in [-0.1, -0.05) is 30.6 Å². The molecule has 1 N–H and O–H groups in total. The maximum Gasteiger partial charge on any atom is 0.303 e. The van der Waals surface area contributed by atoms with E-state index in [1.165, 1.54) is 13.8 Å². The van der Waals surface area contributed by atoms with Crippen LogP contribution in [0.15, 0.2) is 23.4 Å². The fourth-order valence-electron chi connectivity index (χ4n) is 4.55. The number of carbonyl (C=O) groups is 5. The Bertz CT molecular complexity index is 1200. The molecule has 1 aromatic rings. The lowest BCUT2D eigenvalue weighted by Gasteiger charge is -2.43. The quantitative estimate of drug-likeness (QED) is 0.265. The van der Waals surface area contributed by atoms with Crippen LogP contribution in [0.25, 0.3) is 0 Å². The Morgan fingerprint density at radius 1 is 1.02 bits per heavy atom. The molecule has 5 atom stereocenters.